The van der Waals surface area contributed by atoms with Crippen LogP contribution in [0.5, 0.6) is 5.75 Å². The van der Waals surface area contributed by atoms with Crippen LogP contribution in [0.25, 0.3) is 0 Å². The maximum atomic E-state index is 13.6. The summed E-state index contributed by atoms with van der Waals surface area (Å²) < 4.78 is 18.9. The fraction of sp³-hybridized carbons (Fsp3) is 0.682. The van der Waals surface area contributed by atoms with E-state index in [4.69, 9.17) is 4.74 Å². The number of amides is 2. The number of ether oxygens (including phenoxy) is 1. The third-order valence-corrected chi connectivity index (χ3v) is 5.83. The first-order valence-corrected chi connectivity index (χ1v) is 10.8. The zero-order valence-corrected chi connectivity index (χ0v) is 18.0. The lowest BCUT2D eigenvalue weighted by atomic mass is 10.0. The number of piperazine rings is 1. The van der Waals surface area contributed by atoms with Gasteiger partial charge < -0.3 is 19.9 Å². The summed E-state index contributed by atoms with van der Waals surface area (Å²) in [5.41, 5.74) is 0.846. The Balaban J connectivity index is 1.41. The minimum absolute atomic E-state index is 0.0512. The largest absolute Gasteiger partial charge is 0.496 e. The van der Waals surface area contributed by atoms with Crippen LogP contribution in [0.1, 0.15) is 32.3 Å². The van der Waals surface area contributed by atoms with Gasteiger partial charge in [-0.3, -0.25) is 4.90 Å². The summed E-state index contributed by atoms with van der Waals surface area (Å²) in [7, 11) is 1.60. The predicted molar refractivity (Wildman–Crippen MR) is 113 cm³/mol. The Bertz CT molecular complexity index is 669. The third-order valence-electron chi connectivity index (χ3n) is 5.83. The van der Waals surface area contributed by atoms with Crippen LogP contribution in [0, 0.1) is 11.7 Å². The van der Waals surface area contributed by atoms with Crippen LogP contribution in [-0.4, -0.2) is 79.7 Å². The van der Waals surface area contributed by atoms with Crippen molar-refractivity contribution < 1.29 is 13.9 Å². The molecule has 6 nitrogen and oxygen atoms in total. The lowest BCUT2D eigenvalue weighted by Gasteiger charge is -2.37. The maximum absolute atomic E-state index is 13.6. The summed E-state index contributed by atoms with van der Waals surface area (Å²) in [5.74, 6) is 1.14. The first-order valence-electron chi connectivity index (χ1n) is 10.8. The standard InChI is InChI=1S/C22H35FN4O2/c1-17(2)15-25-8-6-20(7-9-25)24-22(28)27-12-10-26(11-13-27)16-18-14-19(23)4-5-21(18)29-3/h4-5,14,17,20H,6-13,15-16H2,1-3H3,(H,24,28). The van der Waals surface area contributed by atoms with Crippen LogP contribution in [0.3, 0.4) is 0 Å². The van der Waals surface area contributed by atoms with Crippen LogP contribution in [-0.2, 0) is 6.54 Å². The van der Waals surface area contributed by atoms with Gasteiger partial charge in [-0.05, 0) is 37.0 Å². The van der Waals surface area contributed by atoms with Crippen molar-refractivity contribution in [3.8, 4) is 5.75 Å². The molecule has 1 aromatic carbocycles. The molecule has 162 valence electrons. The molecule has 0 atom stereocenters. The van der Waals surface area contributed by atoms with Gasteiger partial charge in [-0.2, -0.15) is 0 Å². The molecule has 2 amide bonds. The second kappa shape index (κ2) is 10.3. The number of hydrogen-bond donors (Lipinski definition) is 1. The highest BCUT2D eigenvalue weighted by atomic mass is 19.1. The van der Waals surface area contributed by atoms with E-state index >= 15 is 0 Å². The smallest absolute Gasteiger partial charge is 0.317 e. The second-order valence-corrected chi connectivity index (χ2v) is 8.64. The monoisotopic (exact) mass is 406 g/mol. The van der Waals surface area contributed by atoms with E-state index in [1.807, 2.05) is 4.90 Å². The number of rotatable bonds is 6. The van der Waals surface area contributed by atoms with Gasteiger partial charge in [-0.15, -0.1) is 0 Å². The molecule has 2 fully saturated rings. The van der Waals surface area contributed by atoms with Crippen molar-refractivity contribution in [2.45, 2.75) is 39.3 Å². The minimum atomic E-state index is -0.252. The Hall–Kier alpha value is -1.86. The molecule has 2 aliphatic rings. The molecule has 7 heteroatoms. The van der Waals surface area contributed by atoms with Gasteiger partial charge in [0.25, 0.3) is 0 Å². The average molecular weight is 407 g/mol. The van der Waals surface area contributed by atoms with Crippen molar-refractivity contribution >= 4 is 6.03 Å². The van der Waals surface area contributed by atoms with E-state index in [1.165, 1.54) is 12.1 Å². The molecule has 2 aliphatic heterocycles. The molecule has 2 heterocycles. The number of piperidine rings is 1. The van der Waals surface area contributed by atoms with Gasteiger partial charge in [0.2, 0.25) is 0 Å². The number of likely N-dealkylation sites (tertiary alicyclic amines) is 1. The normalized spacial score (nSPS) is 19.6. The van der Waals surface area contributed by atoms with Crippen molar-refractivity contribution in [2.75, 3.05) is 52.9 Å². The Morgan fingerprint density at radius 1 is 1.14 bits per heavy atom. The molecule has 0 unspecified atom stereocenters. The summed E-state index contributed by atoms with van der Waals surface area (Å²) in [5, 5.41) is 3.22. The summed E-state index contributed by atoms with van der Waals surface area (Å²) in [6, 6.07) is 4.94. The van der Waals surface area contributed by atoms with Gasteiger partial charge in [0.1, 0.15) is 11.6 Å². The van der Waals surface area contributed by atoms with Gasteiger partial charge >= 0.3 is 6.03 Å². The van der Waals surface area contributed by atoms with Crippen LogP contribution in [0.4, 0.5) is 9.18 Å². The van der Waals surface area contributed by atoms with Gasteiger partial charge in [0.15, 0.2) is 0 Å². The topological polar surface area (TPSA) is 48.1 Å². The van der Waals surface area contributed by atoms with E-state index in [0.717, 1.165) is 51.1 Å². The molecule has 0 aromatic heterocycles. The van der Waals surface area contributed by atoms with E-state index < -0.39 is 0 Å². The number of benzene rings is 1. The molecule has 0 aliphatic carbocycles. The number of methoxy groups -OCH3 is 1. The Labute approximate surface area is 174 Å². The van der Waals surface area contributed by atoms with Gasteiger partial charge in [-0.25, -0.2) is 9.18 Å². The number of hydrogen-bond acceptors (Lipinski definition) is 4. The first-order chi connectivity index (χ1) is 13.9. The van der Waals surface area contributed by atoms with Crippen molar-refractivity contribution in [1.82, 2.24) is 20.0 Å². The lowest BCUT2D eigenvalue weighted by molar-refractivity contribution is 0.126. The van der Waals surface area contributed by atoms with Crippen molar-refractivity contribution in [1.29, 1.82) is 0 Å². The predicted octanol–water partition coefficient (Wildman–Crippen LogP) is 2.78. The first kappa shape index (κ1) is 21.8. The fourth-order valence-corrected chi connectivity index (χ4v) is 4.26. The molecule has 29 heavy (non-hydrogen) atoms. The van der Waals surface area contributed by atoms with Crippen LogP contribution < -0.4 is 10.1 Å². The van der Waals surface area contributed by atoms with E-state index in [1.54, 1.807) is 13.2 Å². The molecule has 0 radical (unpaired) electrons. The van der Waals surface area contributed by atoms with Crippen molar-refractivity contribution in [3.63, 3.8) is 0 Å². The average Bonchev–Trinajstić information content (AvgIpc) is 2.70. The number of nitrogens with zero attached hydrogens (tertiary/aromatic N) is 3. The van der Waals surface area contributed by atoms with E-state index in [0.29, 0.717) is 31.3 Å². The highest BCUT2D eigenvalue weighted by molar-refractivity contribution is 5.74. The summed E-state index contributed by atoms with van der Waals surface area (Å²) in [6.45, 7) is 11.3. The number of nitrogens with one attached hydrogen (secondary N) is 1. The molecule has 0 bridgehead atoms. The molecule has 2 saturated heterocycles. The molecule has 1 N–H and O–H groups in total. The van der Waals surface area contributed by atoms with Crippen LogP contribution >= 0.6 is 0 Å². The van der Waals surface area contributed by atoms with Gasteiger partial charge in [0, 0.05) is 64.0 Å². The summed E-state index contributed by atoms with van der Waals surface area (Å²) in [4.78, 5) is 19.3. The van der Waals surface area contributed by atoms with Crippen LogP contribution in [0.2, 0.25) is 0 Å². The molecule has 3 rings (SSSR count). The highest BCUT2D eigenvalue weighted by Gasteiger charge is 2.26. The molecular weight excluding hydrogens is 371 g/mol. The van der Waals surface area contributed by atoms with Crippen LogP contribution in [0.15, 0.2) is 18.2 Å². The maximum Gasteiger partial charge on any atom is 0.317 e. The minimum Gasteiger partial charge on any atom is -0.496 e. The van der Waals surface area contributed by atoms with Gasteiger partial charge in [-0.1, -0.05) is 13.8 Å². The third kappa shape index (κ3) is 6.31. The molecule has 0 saturated carbocycles. The number of urea groups is 1. The zero-order valence-electron chi connectivity index (χ0n) is 18.0. The second-order valence-electron chi connectivity index (χ2n) is 8.64. The Kier molecular flexibility index (Phi) is 7.72. The quantitative estimate of drug-likeness (QED) is 0.789. The molecular formula is C22H35FN4O2. The summed E-state index contributed by atoms with van der Waals surface area (Å²) in [6.07, 6.45) is 2.05. The number of halogens is 1. The Morgan fingerprint density at radius 3 is 2.45 bits per heavy atom. The summed E-state index contributed by atoms with van der Waals surface area (Å²) >= 11 is 0. The number of carbonyl (C=O) groups is 1. The highest BCUT2D eigenvalue weighted by Crippen LogP contribution is 2.22. The zero-order chi connectivity index (χ0) is 20.8. The lowest BCUT2D eigenvalue weighted by Crippen LogP contribution is -2.54. The van der Waals surface area contributed by atoms with E-state index in [-0.39, 0.29) is 17.9 Å². The fourth-order valence-electron chi connectivity index (χ4n) is 4.26. The SMILES string of the molecule is COc1ccc(F)cc1CN1CCN(C(=O)NC2CCN(CC(C)C)CC2)CC1. The van der Waals surface area contributed by atoms with E-state index in [2.05, 4.69) is 29.0 Å². The molecule has 0 spiro atoms. The van der Waals surface area contributed by atoms with Gasteiger partial charge in [0.05, 0.1) is 7.11 Å². The molecule has 1 aromatic rings. The number of carbonyl (C=O) groups excluding carboxylic acids is 1. The van der Waals surface area contributed by atoms with Crippen molar-refractivity contribution in [2.24, 2.45) is 5.92 Å². The van der Waals surface area contributed by atoms with E-state index in [9.17, 15) is 9.18 Å². The van der Waals surface area contributed by atoms with Crippen molar-refractivity contribution in [3.05, 3.63) is 29.6 Å². The Morgan fingerprint density at radius 2 is 1.83 bits per heavy atom.